The molecule has 0 aliphatic heterocycles. The minimum absolute atomic E-state index is 0.468. The van der Waals surface area contributed by atoms with Crippen LogP contribution < -0.4 is 0 Å². The van der Waals surface area contributed by atoms with Gasteiger partial charge >= 0.3 is 0 Å². The molecule has 0 heterocycles. The Bertz CT molecular complexity index is 683. The Morgan fingerprint density at radius 2 is 1.71 bits per heavy atom. The van der Waals surface area contributed by atoms with Crippen LogP contribution in [0.2, 0.25) is 0 Å². The Labute approximate surface area is 195 Å². The maximum absolute atomic E-state index is 4.43. The lowest BCUT2D eigenvalue weighted by Crippen LogP contribution is -2.35. The standard InChI is InChI=1S/C31H52/c1-21(2)20-28(26(9)23(5)6)16-15-27-12-11-19-31(10)29(17-18-30(27)31)25(8)14-13-24(7)22(3)4/h13-16,21-25,29-30H,9,11-12,17-20H2,1-8,10H3/b14-13+,27-15+,28-16+/t24-,25+,29+,30?,31+/m0/s1. The van der Waals surface area contributed by atoms with Crippen LogP contribution in [-0.4, -0.2) is 0 Å². The molecule has 0 heteroatoms. The SMILES string of the molecule is C=C(/C(=C/C=C1\CCC[C@@]2(C)C1CC[C@@H]2[C@H](C)/C=C/[C@H](C)C(C)C)CC(C)C)C(C)C. The minimum Gasteiger partial charge on any atom is -0.0953 e. The summed E-state index contributed by atoms with van der Waals surface area (Å²) in [5, 5.41) is 0. The van der Waals surface area contributed by atoms with Crippen molar-refractivity contribution in [1.82, 2.24) is 0 Å². The quantitative estimate of drug-likeness (QED) is 0.255. The molecule has 0 aromatic carbocycles. The number of fused-ring (bicyclic) bond motifs is 1. The third-order valence-electron chi connectivity index (χ3n) is 8.68. The molecular weight excluding hydrogens is 372 g/mol. The predicted octanol–water partition coefficient (Wildman–Crippen LogP) is 9.80. The third kappa shape index (κ3) is 6.49. The summed E-state index contributed by atoms with van der Waals surface area (Å²) in [5.74, 6) is 4.88. The average molecular weight is 425 g/mol. The highest BCUT2D eigenvalue weighted by atomic mass is 14.5. The van der Waals surface area contributed by atoms with Gasteiger partial charge in [-0.2, -0.15) is 0 Å². The molecule has 0 N–H and O–H groups in total. The van der Waals surface area contributed by atoms with E-state index in [0.717, 1.165) is 24.2 Å². The molecule has 0 nitrogen and oxygen atoms in total. The van der Waals surface area contributed by atoms with Crippen LogP contribution in [0.4, 0.5) is 0 Å². The van der Waals surface area contributed by atoms with Crippen molar-refractivity contribution in [3.05, 3.63) is 47.6 Å². The number of hydrogen-bond donors (Lipinski definition) is 0. The van der Waals surface area contributed by atoms with E-state index in [2.05, 4.69) is 93.2 Å². The summed E-state index contributed by atoms with van der Waals surface area (Å²) in [6, 6.07) is 0. The minimum atomic E-state index is 0.468. The van der Waals surface area contributed by atoms with Gasteiger partial charge in [-0.15, -0.1) is 0 Å². The molecule has 0 saturated heterocycles. The average Bonchev–Trinajstić information content (AvgIpc) is 3.05. The van der Waals surface area contributed by atoms with Crippen molar-refractivity contribution in [2.75, 3.05) is 0 Å². The zero-order valence-electron chi connectivity index (χ0n) is 22.3. The summed E-state index contributed by atoms with van der Waals surface area (Å²) in [6.07, 6.45) is 18.0. The van der Waals surface area contributed by atoms with Crippen molar-refractivity contribution in [2.45, 2.75) is 101 Å². The number of rotatable bonds is 9. The van der Waals surface area contributed by atoms with Crippen LogP contribution in [0, 0.1) is 46.8 Å². The van der Waals surface area contributed by atoms with Crippen LogP contribution >= 0.6 is 0 Å². The van der Waals surface area contributed by atoms with Crippen LogP contribution in [-0.2, 0) is 0 Å². The summed E-state index contributed by atoms with van der Waals surface area (Å²) >= 11 is 0. The van der Waals surface area contributed by atoms with Crippen molar-refractivity contribution in [3.63, 3.8) is 0 Å². The first-order valence-electron chi connectivity index (χ1n) is 13.2. The number of allylic oxidation sites excluding steroid dienone is 7. The lowest BCUT2D eigenvalue weighted by atomic mass is 9.61. The highest BCUT2D eigenvalue weighted by Gasteiger charge is 2.50. The normalized spacial score (nSPS) is 30.6. The highest BCUT2D eigenvalue weighted by Crippen LogP contribution is 2.59. The summed E-state index contributed by atoms with van der Waals surface area (Å²) in [6.45, 7) is 25.7. The van der Waals surface area contributed by atoms with Crippen LogP contribution in [0.5, 0.6) is 0 Å². The molecule has 0 spiro atoms. The van der Waals surface area contributed by atoms with E-state index in [9.17, 15) is 0 Å². The summed E-state index contributed by atoms with van der Waals surface area (Å²) < 4.78 is 0. The van der Waals surface area contributed by atoms with E-state index in [1.54, 1.807) is 5.57 Å². The van der Waals surface area contributed by atoms with Gasteiger partial charge in [0.2, 0.25) is 0 Å². The zero-order chi connectivity index (χ0) is 23.3. The molecule has 0 amide bonds. The van der Waals surface area contributed by atoms with Crippen LogP contribution in [0.1, 0.15) is 101 Å². The Balaban J connectivity index is 2.24. The van der Waals surface area contributed by atoms with E-state index in [4.69, 9.17) is 0 Å². The van der Waals surface area contributed by atoms with E-state index in [0.29, 0.717) is 29.1 Å². The first-order chi connectivity index (χ1) is 14.5. The molecule has 2 aliphatic carbocycles. The highest BCUT2D eigenvalue weighted by molar-refractivity contribution is 5.35. The Morgan fingerprint density at radius 1 is 1.03 bits per heavy atom. The van der Waals surface area contributed by atoms with Crippen molar-refractivity contribution in [1.29, 1.82) is 0 Å². The largest absolute Gasteiger partial charge is 0.0953 e. The molecular formula is C31H52. The monoisotopic (exact) mass is 424 g/mol. The second-order valence-electron chi connectivity index (χ2n) is 12.2. The van der Waals surface area contributed by atoms with Crippen molar-refractivity contribution < 1.29 is 0 Å². The van der Waals surface area contributed by atoms with Crippen molar-refractivity contribution in [3.8, 4) is 0 Å². The smallest absolute Gasteiger partial charge is 0.0143 e. The van der Waals surface area contributed by atoms with Gasteiger partial charge in [0.1, 0.15) is 0 Å². The van der Waals surface area contributed by atoms with Crippen LogP contribution in [0.25, 0.3) is 0 Å². The van der Waals surface area contributed by atoms with E-state index in [1.165, 1.54) is 43.3 Å². The fraction of sp³-hybridized carbons (Fsp3) is 0.742. The van der Waals surface area contributed by atoms with E-state index in [-0.39, 0.29) is 0 Å². The molecule has 2 rings (SSSR count). The third-order valence-corrected chi connectivity index (χ3v) is 8.68. The molecule has 2 saturated carbocycles. The van der Waals surface area contributed by atoms with Crippen LogP contribution in [0.15, 0.2) is 47.6 Å². The molecule has 0 aromatic heterocycles. The molecule has 2 aliphatic rings. The first-order valence-corrected chi connectivity index (χ1v) is 13.2. The molecule has 2 fully saturated rings. The molecule has 176 valence electrons. The molecule has 31 heavy (non-hydrogen) atoms. The first kappa shape index (κ1) is 26.2. The lowest BCUT2D eigenvalue weighted by Gasteiger charge is -2.44. The second kappa shape index (κ2) is 11.2. The van der Waals surface area contributed by atoms with Gasteiger partial charge in [-0.05, 0) is 96.5 Å². The van der Waals surface area contributed by atoms with Gasteiger partial charge < -0.3 is 0 Å². The van der Waals surface area contributed by atoms with Crippen molar-refractivity contribution >= 4 is 0 Å². The van der Waals surface area contributed by atoms with E-state index >= 15 is 0 Å². The van der Waals surface area contributed by atoms with Crippen LogP contribution in [0.3, 0.4) is 0 Å². The second-order valence-corrected chi connectivity index (χ2v) is 12.2. The Kier molecular flexibility index (Phi) is 9.47. The van der Waals surface area contributed by atoms with Gasteiger partial charge in [-0.3, -0.25) is 0 Å². The summed E-state index contributed by atoms with van der Waals surface area (Å²) in [7, 11) is 0. The van der Waals surface area contributed by atoms with Gasteiger partial charge in [0.05, 0.1) is 0 Å². The maximum atomic E-state index is 4.43. The predicted molar refractivity (Wildman–Crippen MR) is 140 cm³/mol. The lowest BCUT2D eigenvalue weighted by molar-refractivity contribution is 0.112. The van der Waals surface area contributed by atoms with Gasteiger partial charge in [0.15, 0.2) is 0 Å². The van der Waals surface area contributed by atoms with Crippen molar-refractivity contribution in [2.24, 2.45) is 46.8 Å². The van der Waals surface area contributed by atoms with Gasteiger partial charge in [0.25, 0.3) is 0 Å². The van der Waals surface area contributed by atoms with Gasteiger partial charge in [0, 0.05) is 0 Å². The maximum Gasteiger partial charge on any atom is -0.0143 e. The molecule has 0 aromatic rings. The molecule has 0 radical (unpaired) electrons. The summed E-state index contributed by atoms with van der Waals surface area (Å²) in [4.78, 5) is 0. The van der Waals surface area contributed by atoms with Gasteiger partial charge in [-0.1, -0.05) is 98.8 Å². The van der Waals surface area contributed by atoms with Gasteiger partial charge in [-0.25, -0.2) is 0 Å². The summed E-state index contributed by atoms with van der Waals surface area (Å²) in [5.41, 5.74) is 4.99. The molecule has 5 atom stereocenters. The molecule has 1 unspecified atom stereocenters. The number of hydrogen-bond acceptors (Lipinski definition) is 0. The fourth-order valence-corrected chi connectivity index (χ4v) is 6.17. The Hall–Kier alpha value is -1.04. The fourth-order valence-electron chi connectivity index (χ4n) is 6.17. The Morgan fingerprint density at radius 3 is 2.29 bits per heavy atom. The van der Waals surface area contributed by atoms with E-state index < -0.39 is 0 Å². The van der Waals surface area contributed by atoms with E-state index in [1.807, 2.05) is 0 Å². The molecule has 0 bridgehead atoms. The topological polar surface area (TPSA) is 0 Å². The zero-order valence-corrected chi connectivity index (χ0v) is 22.3.